The Morgan fingerprint density at radius 3 is 2.45 bits per heavy atom. The van der Waals surface area contributed by atoms with E-state index in [1.165, 1.54) is 0 Å². The molecule has 20 heavy (non-hydrogen) atoms. The second kappa shape index (κ2) is 8.19. The van der Waals surface area contributed by atoms with Gasteiger partial charge in [-0.3, -0.25) is 4.21 Å². The van der Waals surface area contributed by atoms with Crippen LogP contribution < -0.4 is 10.6 Å². The summed E-state index contributed by atoms with van der Waals surface area (Å²) < 4.78 is 11.2. The quantitative estimate of drug-likeness (QED) is 0.772. The Hall–Kier alpha value is -1.17. The van der Waals surface area contributed by atoms with Gasteiger partial charge in [0.1, 0.15) is 18.0 Å². The van der Waals surface area contributed by atoms with Crippen LogP contribution in [0.25, 0.3) is 0 Å². The molecule has 2 atom stereocenters. The Morgan fingerprint density at radius 2 is 1.90 bits per heavy atom. The van der Waals surface area contributed by atoms with Crippen molar-refractivity contribution in [3.63, 3.8) is 0 Å². The van der Waals surface area contributed by atoms with E-state index >= 15 is 0 Å². The van der Waals surface area contributed by atoms with Crippen LogP contribution in [0.1, 0.15) is 45.6 Å². The van der Waals surface area contributed by atoms with Gasteiger partial charge in [-0.15, -0.1) is 0 Å². The summed E-state index contributed by atoms with van der Waals surface area (Å²) in [4.78, 5) is 8.69. The van der Waals surface area contributed by atoms with Crippen molar-refractivity contribution in [3.8, 4) is 0 Å². The van der Waals surface area contributed by atoms with Gasteiger partial charge in [-0.1, -0.05) is 13.8 Å². The Morgan fingerprint density at radius 1 is 1.25 bits per heavy atom. The summed E-state index contributed by atoms with van der Waals surface area (Å²) in [6, 6.07) is 0.237. The molecule has 0 aromatic carbocycles. The van der Waals surface area contributed by atoms with Gasteiger partial charge in [0.15, 0.2) is 0 Å². The second-order valence-electron chi connectivity index (χ2n) is 5.28. The smallest absolute Gasteiger partial charge is 0.135 e. The number of hydrogen-bond acceptors (Lipinski definition) is 5. The zero-order valence-corrected chi connectivity index (χ0v) is 13.9. The molecule has 0 bridgehead atoms. The van der Waals surface area contributed by atoms with E-state index in [2.05, 4.69) is 48.3 Å². The van der Waals surface area contributed by atoms with Crippen LogP contribution in [0.5, 0.6) is 0 Å². The lowest BCUT2D eigenvalue weighted by atomic mass is 10.0. The predicted molar refractivity (Wildman–Crippen MR) is 86.9 cm³/mol. The summed E-state index contributed by atoms with van der Waals surface area (Å²) in [6.45, 7) is 9.25. The molecule has 0 radical (unpaired) electrons. The van der Waals surface area contributed by atoms with E-state index in [0.29, 0.717) is 11.7 Å². The molecule has 0 spiro atoms. The van der Waals surface area contributed by atoms with Crippen molar-refractivity contribution >= 4 is 22.4 Å². The fourth-order valence-corrected chi connectivity index (χ4v) is 2.70. The van der Waals surface area contributed by atoms with E-state index < -0.39 is 10.8 Å². The summed E-state index contributed by atoms with van der Waals surface area (Å²) in [5.41, 5.74) is 1.11. The highest BCUT2D eigenvalue weighted by atomic mass is 32.2. The van der Waals surface area contributed by atoms with Crippen LogP contribution in [-0.4, -0.2) is 38.8 Å². The van der Waals surface area contributed by atoms with Gasteiger partial charge >= 0.3 is 0 Å². The minimum Gasteiger partial charge on any atom is -0.370 e. The van der Waals surface area contributed by atoms with Crippen molar-refractivity contribution in [1.82, 2.24) is 9.97 Å². The van der Waals surface area contributed by atoms with Crippen LogP contribution in [0.3, 0.4) is 0 Å². The van der Waals surface area contributed by atoms with Crippen LogP contribution in [0, 0.1) is 0 Å². The molecule has 0 saturated heterocycles. The third-order valence-corrected chi connectivity index (χ3v) is 3.84. The zero-order chi connectivity index (χ0) is 15.1. The average molecular weight is 298 g/mol. The van der Waals surface area contributed by atoms with Gasteiger partial charge in [0.05, 0.1) is 0 Å². The van der Waals surface area contributed by atoms with E-state index in [1.807, 2.05) is 0 Å². The molecular formula is C14H26N4OS. The molecule has 1 aromatic heterocycles. The SMILES string of the molecule is CCNc1ncnc(NC(C)CCS(C)=O)c1C(C)C. The van der Waals surface area contributed by atoms with Gasteiger partial charge in [-0.2, -0.15) is 0 Å². The number of hydrogen-bond donors (Lipinski definition) is 2. The average Bonchev–Trinajstić information content (AvgIpc) is 2.36. The van der Waals surface area contributed by atoms with E-state index in [0.717, 1.165) is 30.2 Å². The molecule has 2 N–H and O–H groups in total. The fourth-order valence-electron chi connectivity index (χ4n) is 2.01. The molecule has 1 aromatic rings. The molecule has 0 fully saturated rings. The lowest BCUT2D eigenvalue weighted by molar-refractivity contribution is 0.677. The largest absolute Gasteiger partial charge is 0.370 e. The van der Waals surface area contributed by atoms with Crippen LogP contribution >= 0.6 is 0 Å². The normalized spacial score (nSPS) is 14.1. The summed E-state index contributed by atoms with van der Waals surface area (Å²) in [6.07, 6.45) is 4.18. The van der Waals surface area contributed by atoms with E-state index in [9.17, 15) is 4.21 Å². The Bertz CT molecular complexity index is 451. The molecule has 2 unspecified atom stereocenters. The number of nitrogens with zero attached hydrogens (tertiary/aromatic N) is 2. The van der Waals surface area contributed by atoms with E-state index in [-0.39, 0.29) is 6.04 Å². The molecule has 1 rings (SSSR count). The lowest BCUT2D eigenvalue weighted by Crippen LogP contribution is -2.21. The minimum absolute atomic E-state index is 0.237. The Kier molecular flexibility index (Phi) is 6.91. The molecule has 0 saturated carbocycles. The maximum atomic E-state index is 11.2. The molecule has 0 amide bonds. The molecule has 6 heteroatoms. The highest BCUT2D eigenvalue weighted by Crippen LogP contribution is 2.28. The van der Waals surface area contributed by atoms with Crippen LogP contribution in [0.15, 0.2) is 6.33 Å². The first-order valence-corrected chi connectivity index (χ1v) is 8.83. The monoisotopic (exact) mass is 298 g/mol. The summed E-state index contributed by atoms with van der Waals surface area (Å²) >= 11 is 0. The maximum Gasteiger partial charge on any atom is 0.135 e. The second-order valence-corrected chi connectivity index (χ2v) is 6.84. The zero-order valence-electron chi connectivity index (χ0n) is 13.1. The fraction of sp³-hybridized carbons (Fsp3) is 0.714. The standard InChI is InChI=1S/C14H26N4OS/c1-6-15-13-12(10(2)3)14(17-9-16-13)18-11(4)7-8-20(5)19/h9-11H,6-8H2,1-5H3,(H2,15,16,17,18). The summed E-state index contributed by atoms with van der Waals surface area (Å²) in [5, 5.41) is 6.70. The van der Waals surface area contributed by atoms with Crippen LogP contribution in [-0.2, 0) is 10.8 Å². The molecule has 1 heterocycles. The number of rotatable bonds is 8. The van der Waals surface area contributed by atoms with Gasteiger partial charge in [0, 0.05) is 41.0 Å². The summed E-state index contributed by atoms with van der Waals surface area (Å²) in [7, 11) is -0.751. The maximum absolute atomic E-state index is 11.2. The van der Waals surface area contributed by atoms with Gasteiger partial charge in [0.2, 0.25) is 0 Å². The van der Waals surface area contributed by atoms with E-state index in [1.54, 1.807) is 12.6 Å². The van der Waals surface area contributed by atoms with Gasteiger partial charge in [-0.05, 0) is 26.2 Å². The first kappa shape index (κ1) is 16.9. The van der Waals surface area contributed by atoms with Gasteiger partial charge in [0.25, 0.3) is 0 Å². The van der Waals surface area contributed by atoms with Gasteiger partial charge in [-0.25, -0.2) is 9.97 Å². The van der Waals surface area contributed by atoms with Crippen molar-refractivity contribution in [1.29, 1.82) is 0 Å². The Labute approximate surface area is 124 Å². The van der Waals surface area contributed by atoms with Crippen molar-refractivity contribution in [2.24, 2.45) is 0 Å². The third-order valence-electron chi connectivity index (χ3n) is 3.03. The molecule has 5 nitrogen and oxygen atoms in total. The highest BCUT2D eigenvalue weighted by Gasteiger charge is 2.16. The minimum atomic E-state index is -0.751. The Balaban J connectivity index is 2.88. The number of nitrogens with one attached hydrogen (secondary N) is 2. The van der Waals surface area contributed by atoms with E-state index in [4.69, 9.17) is 0 Å². The van der Waals surface area contributed by atoms with Crippen molar-refractivity contribution in [2.75, 3.05) is 29.2 Å². The van der Waals surface area contributed by atoms with Crippen molar-refractivity contribution in [2.45, 2.75) is 46.1 Å². The molecule has 0 aliphatic heterocycles. The van der Waals surface area contributed by atoms with Gasteiger partial charge < -0.3 is 10.6 Å². The van der Waals surface area contributed by atoms with Crippen LogP contribution in [0.4, 0.5) is 11.6 Å². The first-order valence-electron chi connectivity index (χ1n) is 7.11. The van der Waals surface area contributed by atoms with Crippen molar-refractivity contribution in [3.05, 3.63) is 11.9 Å². The molecule has 0 aliphatic rings. The molecular weight excluding hydrogens is 272 g/mol. The first-order chi connectivity index (χ1) is 9.45. The topological polar surface area (TPSA) is 66.9 Å². The molecule has 0 aliphatic carbocycles. The summed E-state index contributed by atoms with van der Waals surface area (Å²) in [5.74, 6) is 2.81. The highest BCUT2D eigenvalue weighted by molar-refractivity contribution is 7.84. The number of aromatic nitrogens is 2. The van der Waals surface area contributed by atoms with Crippen LogP contribution in [0.2, 0.25) is 0 Å². The van der Waals surface area contributed by atoms with Crippen molar-refractivity contribution < 1.29 is 4.21 Å². The lowest BCUT2D eigenvalue weighted by Gasteiger charge is -2.20. The predicted octanol–water partition coefficient (Wildman–Crippen LogP) is 2.60. The molecule has 114 valence electrons. The number of anilines is 2. The third kappa shape index (κ3) is 5.07.